The van der Waals surface area contributed by atoms with Crippen molar-refractivity contribution >= 4 is 14.2 Å². The minimum Gasteiger partial charge on any atom is -0.436 e. The zero-order chi connectivity index (χ0) is 26.6. The van der Waals surface area contributed by atoms with Crippen molar-refractivity contribution in [2.75, 3.05) is 0 Å². The predicted octanol–water partition coefficient (Wildman–Crippen LogP) is 7.20. The Morgan fingerprint density at radius 1 is 0.973 bits per heavy atom. The second-order valence-corrected chi connectivity index (χ2v) is 15.6. The molecule has 7 heteroatoms. The van der Waals surface area contributed by atoms with Crippen LogP contribution in [0.5, 0.6) is 0 Å². The van der Waals surface area contributed by atoms with Crippen molar-refractivity contribution in [2.45, 2.75) is 57.8 Å². The molecule has 0 fully saturated rings. The predicted molar refractivity (Wildman–Crippen MR) is 149 cm³/mol. The molecule has 0 aliphatic heterocycles. The number of carbonyl (C=O) groups excluding carboxylic acids is 1. The number of amides is 1. The summed E-state index contributed by atoms with van der Waals surface area (Å²) in [4.78, 5) is 20.5. The molecule has 0 saturated heterocycles. The largest absolute Gasteiger partial charge is 0.436 e. The van der Waals surface area contributed by atoms with Gasteiger partial charge in [0.15, 0.2) is 14.1 Å². The van der Waals surface area contributed by atoms with E-state index in [2.05, 4.69) is 92.4 Å². The number of rotatable bonds is 9. The van der Waals surface area contributed by atoms with E-state index in [0.717, 1.165) is 12.8 Å². The van der Waals surface area contributed by atoms with Crippen molar-refractivity contribution < 1.29 is 13.6 Å². The summed E-state index contributed by atoms with van der Waals surface area (Å²) in [5.41, 5.74) is 9.72. The fourth-order valence-corrected chi connectivity index (χ4v) is 5.11. The van der Waals surface area contributed by atoms with Gasteiger partial charge in [-0.3, -0.25) is 4.79 Å². The maximum Gasteiger partial charge on any atom is 0.267 e. The topological polar surface area (TPSA) is 91.2 Å². The van der Waals surface area contributed by atoms with Gasteiger partial charge < -0.3 is 14.6 Å². The van der Waals surface area contributed by atoms with Crippen LogP contribution < -0.4 is 5.73 Å². The van der Waals surface area contributed by atoms with E-state index in [-0.39, 0.29) is 16.8 Å². The van der Waals surface area contributed by atoms with Crippen LogP contribution in [0.3, 0.4) is 0 Å². The van der Waals surface area contributed by atoms with Gasteiger partial charge in [0.05, 0.1) is 6.20 Å². The lowest BCUT2D eigenvalue weighted by Crippen LogP contribution is -2.42. The van der Waals surface area contributed by atoms with Gasteiger partial charge in [0.1, 0.15) is 17.5 Å². The molecule has 2 aromatic carbocycles. The molecular formula is C30H35N3O3Si. The molecule has 37 heavy (non-hydrogen) atoms. The third-order valence-corrected chi connectivity index (χ3v) is 11.5. The van der Waals surface area contributed by atoms with Crippen LogP contribution in [0.25, 0.3) is 22.6 Å². The maximum atomic E-state index is 11.6. The standard InChI is InChI=1S/C30H35N3O3Si/c1-30(2,3)37(4,5)36-26(19-16-21-14-17-23(18-15-21)22-10-7-6-8-11-22)29-32-20-27(35-29)24-12-9-13-25(33-24)28(31)34/h6-15,17-18,20,26H,16,19H2,1-5H3,(H2,31,34). The number of hydrogen-bond acceptors (Lipinski definition) is 5. The van der Waals surface area contributed by atoms with E-state index >= 15 is 0 Å². The highest BCUT2D eigenvalue weighted by Gasteiger charge is 2.40. The van der Waals surface area contributed by atoms with Crippen molar-refractivity contribution in [2.24, 2.45) is 5.73 Å². The minimum absolute atomic E-state index is 0.0371. The van der Waals surface area contributed by atoms with Crippen LogP contribution in [-0.2, 0) is 10.8 Å². The molecule has 4 rings (SSSR count). The van der Waals surface area contributed by atoms with E-state index < -0.39 is 14.2 Å². The highest BCUT2D eigenvalue weighted by Crippen LogP contribution is 2.41. The SMILES string of the molecule is CC(C)(C)[Si](C)(C)OC(CCc1ccc(-c2ccccc2)cc1)c1ncc(-c2cccc(C(N)=O)n2)o1. The number of nitrogens with two attached hydrogens (primary N) is 1. The van der Waals surface area contributed by atoms with E-state index in [0.29, 0.717) is 17.3 Å². The van der Waals surface area contributed by atoms with Crippen LogP contribution in [0.1, 0.15) is 55.2 Å². The number of nitrogens with zero attached hydrogens (tertiary/aromatic N) is 2. The molecule has 2 aromatic heterocycles. The van der Waals surface area contributed by atoms with E-state index in [9.17, 15) is 4.79 Å². The number of aryl methyl sites for hydroxylation is 1. The highest BCUT2D eigenvalue weighted by molar-refractivity contribution is 6.74. The molecule has 0 aliphatic rings. The zero-order valence-corrected chi connectivity index (χ0v) is 23.2. The van der Waals surface area contributed by atoms with Crippen molar-refractivity contribution in [3.05, 3.63) is 96.1 Å². The molecule has 2 heterocycles. The van der Waals surface area contributed by atoms with E-state index in [1.807, 2.05) is 6.07 Å². The van der Waals surface area contributed by atoms with Crippen molar-refractivity contribution in [1.82, 2.24) is 9.97 Å². The van der Waals surface area contributed by atoms with Crippen LogP contribution in [0.2, 0.25) is 18.1 Å². The number of carbonyl (C=O) groups is 1. The van der Waals surface area contributed by atoms with Crippen molar-refractivity contribution in [3.8, 4) is 22.6 Å². The average molecular weight is 514 g/mol. The van der Waals surface area contributed by atoms with Gasteiger partial charge in [-0.05, 0) is 59.8 Å². The van der Waals surface area contributed by atoms with Crippen molar-refractivity contribution in [3.63, 3.8) is 0 Å². The number of hydrogen-bond donors (Lipinski definition) is 1. The van der Waals surface area contributed by atoms with Gasteiger partial charge in [0.25, 0.3) is 5.91 Å². The Labute approximate surface area is 220 Å². The second-order valence-electron chi connectivity index (χ2n) is 10.8. The number of aromatic nitrogens is 2. The smallest absolute Gasteiger partial charge is 0.267 e. The second kappa shape index (κ2) is 10.8. The first-order valence-electron chi connectivity index (χ1n) is 12.6. The maximum absolute atomic E-state index is 11.6. The summed E-state index contributed by atoms with van der Waals surface area (Å²) in [6.45, 7) is 11.1. The van der Waals surface area contributed by atoms with Gasteiger partial charge in [-0.1, -0.05) is 81.4 Å². The zero-order valence-electron chi connectivity index (χ0n) is 22.2. The highest BCUT2D eigenvalue weighted by atomic mass is 28.4. The van der Waals surface area contributed by atoms with Crippen LogP contribution in [0, 0.1) is 0 Å². The van der Waals surface area contributed by atoms with E-state index in [1.165, 1.54) is 16.7 Å². The molecule has 2 N–H and O–H groups in total. The molecule has 1 atom stereocenters. The molecule has 0 bridgehead atoms. The first-order chi connectivity index (χ1) is 17.5. The Morgan fingerprint density at radius 2 is 1.65 bits per heavy atom. The molecule has 0 spiro atoms. The fraction of sp³-hybridized carbons (Fsp3) is 0.300. The quantitative estimate of drug-likeness (QED) is 0.239. The summed E-state index contributed by atoms with van der Waals surface area (Å²) >= 11 is 0. The number of benzene rings is 2. The van der Waals surface area contributed by atoms with Crippen molar-refractivity contribution in [1.29, 1.82) is 0 Å². The van der Waals surface area contributed by atoms with Crippen LogP contribution in [0.4, 0.5) is 0 Å². The first kappa shape index (κ1) is 26.5. The lowest BCUT2D eigenvalue weighted by Gasteiger charge is -2.38. The molecule has 1 amide bonds. The molecular weight excluding hydrogens is 478 g/mol. The monoisotopic (exact) mass is 513 g/mol. The summed E-state index contributed by atoms with van der Waals surface area (Å²) in [5, 5.41) is 0.0371. The number of primary amides is 1. The first-order valence-corrected chi connectivity index (χ1v) is 15.5. The molecule has 6 nitrogen and oxygen atoms in total. The molecule has 0 saturated carbocycles. The summed E-state index contributed by atoms with van der Waals surface area (Å²) in [7, 11) is -2.11. The van der Waals surface area contributed by atoms with Gasteiger partial charge in [-0.25, -0.2) is 9.97 Å². The Balaban J connectivity index is 1.56. The minimum atomic E-state index is -2.11. The molecule has 192 valence electrons. The van der Waals surface area contributed by atoms with Gasteiger partial charge in [0.2, 0.25) is 5.89 Å². The van der Waals surface area contributed by atoms with Crippen LogP contribution >= 0.6 is 0 Å². The van der Waals surface area contributed by atoms with Gasteiger partial charge in [-0.15, -0.1) is 0 Å². The van der Waals surface area contributed by atoms with Gasteiger partial charge in [0, 0.05) is 0 Å². The van der Waals surface area contributed by atoms with E-state index in [4.69, 9.17) is 14.6 Å². The Hall–Kier alpha value is -3.55. The number of pyridine rings is 1. The van der Waals surface area contributed by atoms with E-state index in [1.54, 1.807) is 24.4 Å². The fourth-order valence-electron chi connectivity index (χ4n) is 3.82. The van der Waals surface area contributed by atoms with Crippen LogP contribution in [-0.4, -0.2) is 24.2 Å². The van der Waals surface area contributed by atoms with Gasteiger partial charge in [-0.2, -0.15) is 0 Å². The lowest BCUT2D eigenvalue weighted by atomic mass is 10.0. The molecule has 1 unspecified atom stereocenters. The normalized spacial score (nSPS) is 12.9. The Bertz CT molecular complexity index is 1340. The Kier molecular flexibility index (Phi) is 7.75. The average Bonchev–Trinajstić information content (AvgIpc) is 3.37. The van der Waals surface area contributed by atoms with Gasteiger partial charge >= 0.3 is 0 Å². The molecule has 0 aliphatic carbocycles. The summed E-state index contributed by atoms with van der Waals surface area (Å²) < 4.78 is 13.0. The van der Waals surface area contributed by atoms with Crippen LogP contribution in [0.15, 0.2) is 83.4 Å². The summed E-state index contributed by atoms with van der Waals surface area (Å²) in [6, 6.07) is 24.1. The summed E-state index contributed by atoms with van der Waals surface area (Å²) in [5.74, 6) is 0.417. The number of oxazole rings is 1. The lowest BCUT2D eigenvalue weighted by molar-refractivity contribution is 0.0995. The summed E-state index contributed by atoms with van der Waals surface area (Å²) in [6.07, 6.45) is 2.88. The third kappa shape index (κ3) is 6.42. The third-order valence-electron chi connectivity index (χ3n) is 7.05. The molecule has 4 aromatic rings. The molecule has 0 radical (unpaired) electrons. The Morgan fingerprint density at radius 3 is 2.30 bits per heavy atom.